The van der Waals surface area contributed by atoms with Gasteiger partial charge >= 0.3 is 0 Å². The summed E-state index contributed by atoms with van der Waals surface area (Å²) in [6.07, 6.45) is 4.12. The van der Waals surface area contributed by atoms with E-state index in [0.717, 1.165) is 29.9 Å². The molecule has 2 atom stereocenters. The van der Waals surface area contributed by atoms with Crippen LogP contribution < -0.4 is 5.32 Å². The second-order valence-electron chi connectivity index (χ2n) is 3.71. The summed E-state index contributed by atoms with van der Waals surface area (Å²) in [5, 5.41) is 3.32. The summed E-state index contributed by atoms with van der Waals surface area (Å²) in [5.74, 6) is 0.833. The predicted octanol–water partition coefficient (Wildman–Crippen LogP) is 2.22. The van der Waals surface area contributed by atoms with Crippen molar-refractivity contribution in [1.82, 2.24) is 9.97 Å². The maximum absolute atomic E-state index is 5.60. The van der Waals surface area contributed by atoms with E-state index in [1.807, 2.05) is 6.07 Å². The molecule has 1 aliphatic rings. The highest BCUT2D eigenvalue weighted by Crippen LogP contribution is 2.18. The first-order valence-corrected chi connectivity index (χ1v) is 5.90. The number of anilines is 1. The van der Waals surface area contributed by atoms with E-state index in [4.69, 9.17) is 4.74 Å². The number of aromatic nitrogens is 2. The van der Waals surface area contributed by atoms with Gasteiger partial charge in [-0.25, -0.2) is 9.97 Å². The van der Waals surface area contributed by atoms with Crippen LogP contribution in [0.3, 0.4) is 0 Å². The summed E-state index contributed by atoms with van der Waals surface area (Å²) in [6, 6.07) is 2.15. The third-order valence-corrected chi connectivity index (χ3v) is 2.97. The van der Waals surface area contributed by atoms with Crippen molar-refractivity contribution in [2.75, 3.05) is 11.9 Å². The van der Waals surface area contributed by atoms with E-state index in [1.54, 1.807) is 0 Å². The molecule has 1 fully saturated rings. The van der Waals surface area contributed by atoms with Crippen LogP contribution in [-0.2, 0) is 4.74 Å². The maximum atomic E-state index is 5.60. The van der Waals surface area contributed by atoms with Crippen molar-refractivity contribution in [1.29, 1.82) is 0 Å². The molecule has 2 unspecified atom stereocenters. The van der Waals surface area contributed by atoms with E-state index in [9.17, 15) is 0 Å². The smallest absolute Gasteiger partial charge is 0.130 e. The zero-order chi connectivity index (χ0) is 10.7. The van der Waals surface area contributed by atoms with Crippen LogP contribution in [0, 0.1) is 0 Å². The molecular weight excluding hydrogens is 258 g/mol. The van der Waals surface area contributed by atoms with Gasteiger partial charge in [0.2, 0.25) is 0 Å². The topological polar surface area (TPSA) is 47.0 Å². The van der Waals surface area contributed by atoms with Crippen LogP contribution in [0.5, 0.6) is 0 Å². The monoisotopic (exact) mass is 271 g/mol. The van der Waals surface area contributed by atoms with E-state index < -0.39 is 0 Å². The van der Waals surface area contributed by atoms with Gasteiger partial charge in [-0.2, -0.15) is 0 Å². The van der Waals surface area contributed by atoms with Gasteiger partial charge < -0.3 is 10.1 Å². The first-order valence-electron chi connectivity index (χ1n) is 5.11. The highest BCUT2D eigenvalue weighted by atomic mass is 79.9. The molecule has 0 aliphatic carbocycles. The fraction of sp³-hybridized carbons (Fsp3) is 0.600. The van der Waals surface area contributed by atoms with E-state index in [0.29, 0.717) is 6.10 Å². The minimum Gasteiger partial charge on any atom is -0.376 e. The fourth-order valence-electron chi connectivity index (χ4n) is 1.74. The van der Waals surface area contributed by atoms with Gasteiger partial charge in [0.1, 0.15) is 16.7 Å². The standard InChI is InChI=1S/C10H14BrN3O/c1-7(8-3-2-4-15-8)14-10-5-9(11)12-6-13-10/h5-8H,2-4H2,1H3,(H,12,13,14). The third-order valence-electron chi connectivity index (χ3n) is 2.53. The lowest BCUT2D eigenvalue weighted by Crippen LogP contribution is -2.30. The number of ether oxygens (including phenoxy) is 1. The van der Waals surface area contributed by atoms with Crippen molar-refractivity contribution in [3.8, 4) is 0 Å². The Labute approximate surface area is 97.6 Å². The second-order valence-corrected chi connectivity index (χ2v) is 4.52. The van der Waals surface area contributed by atoms with E-state index in [-0.39, 0.29) is 6.04 Å². The maximum Gasteiger partial charge on any atom is 0.130 e. The molecule has 0 bridgehead atoms. The molecule has 1 N–H and O–H groups in total. The lowest BCUT2D eigenvalue weighted by molar-refractivity contribution is 0.0995. The van der Waals surface area contributed by atoms with Gasteiger partial charge in [-0.15, -0.1) is 0 Å². The van der Waals surface area contributed by atoms with Crippen molar-refractivity contribution < 1.29 is 4.74 Å². The first-order chi connectivity index (χ1) is 7.25. The summed E-state index contributed by atoms with van der Waals surface area (Å²) in [4.78, 5) is 8.12. The lowest BCUT2D eigenvalue weighted by Gasteiger charge is -2.20. The normalized spacial score (nSPS) is 22.7. The molecule has 4 nitrogen and oxygen atoms in total. The quantitative estimate of drug-likeness (QED) is 0.857. The molecule has 0 amide bonds. The molecule has 0 spiro atoms. The molecule has 2 rings (SSSR count). The molecule has 1 saturated heterocycles. The molecule has 1 aromatic rings. The molecule has 5 heteroatoms. The zero-order valence-corrected chi connectivity index (χ0v) is 10.2. The van der Waals surface area contributed by atoms with Crippen molar-refractivity contribution in [2.24, 2.45) is 0 Å². The molecular formula is C10H14BrN3O. The molecule has 1 aromatic heterocycles. The highest BCUT2D eigenvalue weighted by molar-refractivity contribution is 9.10. The molecule has 0 aromatic carbocycles. The Balaban J connectivity index is 1.95. The molecule has 0 radical (unpaired) electrons. The second kappa shape index (κ2) is 4.90. The lowest BCUT2D eigenvalue weighted by atomic mass is 10.1. The van der Waals surface area contributed by atoms with Crippen molar-refractivity contribution in [2.45, 2.75) is 31.9 Å². The van der Waals surface area contributed by atoms with Gasteiger partial charge in [0.15, 0.2) is 0 Å². The Morgan fingerprint density at radius 1 is 1.60 bits per heavy atom. The number of halogens is 1. The van der Waals surface area contributed by atoms with Crippen LogP contribution in [0.15, 0.2) is 17.0 Å². The van der Waals surface area contributed by atoms with E-state index in [2.05, 4.69) is 38.1 Å². The van der Waals surface area contributed by atoms with Gasteiger partial charge in [-0.3, -0.25) is 0 Å². The van der Waals surface area contributed by atoms with E-state index in [1.165, 1.54) is 6.33 Å². The van der Waals surface area contributed by atoms with Crippen molar-refractivity contribution >= 4 is 21.7 Å². The number of nitrogens with zero attached hydrogens (tertiary/aromatic N) is 2. The molecule has 82 valence electrons. The number of hydrogen-bond donors (Lipinski definition) is 1. The fourth-order valence-corrected chi connectivity index (χ4v) is 2.04. The summed E-state index contributed by atoms with van der Waals surface area (Å²) in [6.45, 7) is 3.00. The Morgan fingerprint density at radius 2 is 2.47 bits per heavy atom. The Kier molecular flexibility index (Phi) is 3.53. The zero-order valence-electron chi connectivity index (χ0n) is 8.61. The summed E-state index contributed by atoms with van der Waals surface area (Å²) < 4.78 is 6.39. The minimum atomic E-state index is 0.286. The summed E-state index contributed by atoms with van der Waals surface area (Å²) in [7, 11) is 0. The Hall–Kier alpha value is -0.680. The van der Waals surface area contributed by atoms with Crippen molar-refractivity contribution in [3.63, 3.8) is 0 Å². The van der Waals surface area contributed by atoms with Crippen LogP contribution >= 0.6 is 15.9 Å². The van der Waals surface area contributed by atoms with Crippen molar-refractivity contribution in [3.05, 3.63) is 17.0 Å². The summed E-state index contributed by atoms with van der Waals surface area (Å²) in [5.41, 5.74) is 0. The Morgan fingerprint density at radius 3 is 3.13 bits per heavy atom. The SMILES string of the molecule is CC(Nc1cc(Br)ncn1)C1CCCO1. The largest absolute Gasteiger partial charge is 0.376 e. The van der Waals surface area contributed by atoms with Gasteiger partial charge in [-0.1, -0.05) is 0 Å². The van der Waals surface area contributed by atoms with Crippen LogP contribution in [0.4, 0.5) is 5.82 Å². The minimum absolute atomic E-state index is 0.286. The number of hydrogen-bond acceptors (Lipinski definition) is 4. The average Bonchev–Trinajstić information content (AvgIpc) is 2.70. The Bertz CT molecular complexity index is 328. The van der Waals surface area contributed by atoms with Crippen LogP contribution in [0.1, 0.15) is 19.8 Å². The highest BCUT2D eigenvalue weighted by Gasteiger charge is 2.22. The molecule has 1 aliphatic heterocycles. The molecule has 15 heavy (non-hydrogen) atoms. The molecule has 2 heterocycles. The van der Waals surface area contributed by atoms with Gasteiger partial charge in [0.05, 0.1) is 12.1 Å². The number of nitrogens with one attached hydrogen (secondary N) is 1. The van der Waals surface area contributed by atoms with Crippen LogP contribution in [0.25, 0.3) is 0 Å². The van der Waals surface area contributed by atoms with E-state index >= 15 is 0 Å². The third kappa shape index (κ3) is 2.89. The molecule has 0 saturated carbocycles. The average molecular weight is 272 g/mol. The van der Waals surface area contributed by atoms with Gasteiger partial charge in [0.25, 0.3) is 0 Å². The van der Waals surface area contributed by atoms with Crippen LogP contribution in [-0.4, -0.2) is 28.7 Å². The number of rotatable bonds is 3. The summed E-state index contributed by atoms with van der Waals surface area (Å²) >= 11 is 3.31. The van der Waals surface area contributed by atoms with Gasteiger partial charge in [-0.05, 0) is 35.7 Å². The van der Waals surface area contributed by atoms with Crippen LogP contribution in [0.2, 0.25) is 0 Å². The first kappa shape index (κ1) is 10.8. The van der Waals surface area contributed by atoms with Gasteiger partial charge in [0, 0.05) is 12.7 Å². The predicted molar refractivity (Wildman–Crippen MR) is 61.8 cm³/mol.